The maximum atomic E-state index is 12.9. The maximum absolute atomic E-state index is 12.9. The van der Waals surface area contributed by atoms with Crippen LogP contribution in [0.2, 0.25) is 0 Å². The molecule has 0 aromatic carbocycles. The van der Waals surface area contributed by atoms with Gasteiger partial charge in [0, 0.05) is 19.3 Å². The highest BCUT2D eigenvalue weighted by molar-refractivity contribution is 5.71. The van der Waals surface area contributed by atoms with Crippen molar-refractivity contribution in [3.63, 3.8) is 0 Å². The van der Waals surface area contributed by atoms with Gasteiger partial charge in [-0.25, -0.2) is 0 Å². The van der Waals surface area contributed by atoms with Gasteiger partial charge >= 0.3 is 17.9 Å². The monoisotopic (exact) mass is 967 g/mol. The Morgan fingerprint density at radius 1 is 0.304 bits per heavy atom. The van der Waals surface area contributed by atoms with E-state index in [1.54, 1.807) is 0 Å². The predicted molar refractivity (Wildman–Crippen MR) is 298 cm³/mol. The zero-order chi connectivity index (χ0) is 50.0. The first kappa shape index (κ1) is 66.4. The van der Waals surface area contributed by atoms with Crippen molar-refractivity contribution in [2.75, 3.05) is 13.2 Å². The van der Waals surface area contributed by atoms with E-state index in [-0.39, 0.29) is 31.1 Å². The lowest BCUT2D eigenvalue weighted by Gasteiger charge is -2.18. The summed E-state index contributed by atoms with van der Waals surface area (Å²) in [5, 5.41) is 0. The molecule has 0 saturated heterocycles. The first-order chi connectivity index (χ1) is 34.0. The number of hydrogen-bond acceptors (Lipinski definition) is 6. The van der Waals surface area contributed by atoms with Gasteiger partial charge in [0.2, 0.25) is 0 Å². The fraction of sp³-hybridized carbons (Fsp3) is 0.825. The first-order valence-corrected chi connectivity index (χ1v) is 30.2. The molecule has 0 aromatic heterocycles. The summed E-state index contributed by atoms with van der Waals surface area (Å²) in [6.45, 7) is 6.53. The molecular formula is C63H114O6. The van der Waals surface area contributed by atoms with Crippen molar-refractivity contribution in [3.8, 4) is 0 Å². The number of rotatable bonds is 55. The van der Waals surface area contributed by atoms with E-state index < -0.39 is 6.10 Å². The van der Waals surface area contributed by atoms with Crippen LogP contribution in [0.4, 0.5) is 0 Å². The van der Waals surface area contributed by atoms with Gasteiger partial charge in [0.1, 0.15) is 13.2 Å². The second kappa shape index (κ2) is 57.9. The van der Waals surface area contributed by atoms with Crippen LogP contribution >= 0.6 is 0 Å². The molecule has 0 saturated carbocycles. The van der Waals surface area contributed by atoms with Gasteiger partial charge in [-0.3, -0.25) is 14.4 Å². The molecular weight excluding hydrogens is 853 g/mol. The van der Waals surface area contributed by atoms with Crippen molar-refractivity contribution in [1.82, 2.24) is 0 Å². The van der Waals surface area contributed by atoms with Gasteiger partial charge in [-0.05, 0) is 64.2 Å². The van der Waals surface area contributed by atoms with Crippen LogP contribution in [-0.4, -0.2) is 37.2 Å². The van der Waals surface area contributed by atoms with Gasteiger partial charge in [0.25, 0.3) is 0 Å². The Balaban J connectivity index is 4.33. The summed E-state index contributed by atoms with van der Waals surface area (Å²) < 4.78 is 16.9. The van der Waals surface area contributed by atoms with Crippen LogP contribution < -0.4 is 0 Å². The summed E-state index contributed by atoms with van der Waals surface area (Å²) in [7, 11) is 0. The third-order valence-electron chi connectivity index (χ3n) is 13.4. The number of hydrogen-bond donors (Lipinski definition) is 0. The number of esters is 3. The minimum Gasteiger partial charge on any atom is -0.462 e. The van der Waals surface area contributed by atoms with Crippen molar-refractivity contribution >= 4 is 17.9 Å². The van der Waals surface area contributed by atoms with Crippen LogP contribution in [0.25, 0.3) is 0 Å². The maximum Gasteiger partial charge on any atom is 0.306 e. The summed E-state index contributed by atoms with van der Waals surface area (Å²) in [5.41, 5.74) is 0. The lowest BCUT2D eigenvalue weighted by molar-refractivity contribution is -0.167. The van der Waals surface area contributed by atoms with Crippen molar-refractivity contribution in [1.29, 1.82) is 0 Å². The average Bonchev–Trinajstić information content (AvgIpc) is 3.35. The highest BCUT2D eigenvalue weighted by Gasteiger charge is 2.19. The second-order valence-electron chi connectivity index (χ2n) is 20.3. The topological polar surface area (TPSA) is 78.9 Å². The molecule has 0 spiro atoms. The molecule has 0 radical (unpaired) electrons. The van der Waals surface area contributed by atoms with E-state index in [1.165, 1.54) is 193 Å². The van der Waals surface area contributed by atoms with E-state index in [0.717, 1.165) is 83.5 Å². The Labute approximate surface area is 428 Å². The van der Waals surface area contributed by atoms with Crippen molar-refractivity contribution in [2.45, 2.75) is 322 Å². The number of allylic oxidation sites excluding steroid dienone is 8. The molecule has 0 aliphatic carbocycles. The molecule has 0 aliphatic heterocycles. The van der Waals surface area contributed by atoms with E-state index >= 15 is 0 Å². The van der Waals surface area contributed by atoms with Gasteiger partial charge < -0.3 is 14.2 Å². The summed E-state index contributed by atoms with van der Waals surface area (Å²) in [6.07, 6.45) is 71.1. The molecule has 6 heteroatoms. The quantitative estimate of drug-likeness (QED) is 0.0199. The Bertz CT molecular complexity index is 1200. The standard InChI is InChI=1S/C63H114O6/c1-4-7-10-13-16-19-22-25-27-29-31-33-35-38-41-44-47-50-53-56-62(65)68-59-60(58-67-61(64)55-52-49-46-43-40-37-24-21-18-15-12-9-6-3)69-63(66)57-54-51-48-45-42-39-36-34-32-30-28-26-23-20-17-14-11-8-5-2/h9,12,15,18,21,24,29,31,60H,4-8,10-11,13-14,16-17,19-20,22-23,25-28,30,32-59H2,1-3H3/b12-9-,18-15-,24-21-,31-29-. The van der Waals surface area contributed by atoms with Crippen LogP contribution in [0, 0.1) is 0 Å². The average molecular weight is 968 g/mol. The van der Waals surface area contributed by atoms with Crippen LogP contribution in [0.5, 0.6) is 0 Å². The van der Waals surface area contributed by atoms with Crippen molar-refractivity contribution in [2.24, 2.45) is 0 Å². The molecule has 1 unspecified atom stereocenters. The van der Waals surface area contributed by atoms with Crippen LogP contribution in [0.15, 0.2) is 48.6 Å². The molecule has 0 rings (SSSR count). The first-order valence-electron chi connectivity index (χ1n) is 30.2. The smallest absolute Gasteiger partial charge is 0.306 e. The minimum absolute atomic E-state index is 0.0791. The largest absolute Gasteiger partial charge is 0.462 e. The Kier molecular flexibility index (Phi) is 55.7. The van der Waals surface area contributed by atoms with Gasteiger partial charge in [-0.2, -0.15) is 0 Å². The highest BCUT2D eigenvalue weighted by Crippen LogP contribution is 2.17. The molecule has 0 fully saturated rings. The van der Waals surface area contributed by atoms with Gasteiger partial charge in [0.05, 0.1) is 0 Å². The lowest BCUT2D eigenvalue weighted by Crippen LogP contribution is -2.30. The molecule has 0 amide bonds. The van der Waals surface area contributed by atoms with Crippen molar-refractivity contribution in [3.05, 3.63) is 48.6 Å². The summed E-state index contributed by atoms with van der Waals surface area (Å²) in [5.74, 6) is -0.886. The minimum atomic E-state index is -0.781. The number of carbonyl (C=O) groups is 3. The van der Waals surface area contributed by atoms with Gasteiger partial charge in [-0.15, -0.1) is 0 Å². The number of ether oxygens (including phenoxy) is 3. The molecule has 0 N–H and O–H groups in total. The third kappa shape index (κ3) is 56.2. The Hall–Kier alpha value is -2.63. The fourth-order valence-electron chi connectivity index (χ4n) is 8.85. The predicted octanol–water partition coefficient (Wildman–Crippen LogP) is 20.2. The van der Waals surface area contributed by atoms with Crippen molar-refractivity contribution < 1.29 is 28.6 Å². The van der Waals surface area contributed by atoms with E-state index in [2.05, 4.69) is 69.4 Å². The zero-order valence-corrected chi connectivity index (χ0v) is 46.1. The normalized spacial score (nSPS) is 12.3. The highest BCUT2D eigenvalue weighted by atomic mass is 16.6. The van der Waals surface area contributed by atoms with Crippen LogP contribution in [0.1, 0.15) is 316 Å². The molecule has 0 aliphatic rings. The Morgan fingerprint density at radius 2 is 0.580 bits per heavy atom. The summed E-state index contributed by atoms with van der Waals surface area (Å²) in [4.78, 5) is 38.2. The lowest BCUT2D eigenvalue weighted by atomic mass is 10.0. The molecule has 6 nitrogen and oxygen atoms in total. The molecule has 69 heavy (non-hydrogen) atoms. The SMILES string of the molecule is CC\C=C/C=C\C=C/CCCCCCCC(=O)OCC(COC(=O)CCCCCCCCC/C=C\CCCCCCCCCC)OC(=O)CCCCCCCCCCCCCCCCCCCCC. The van der Waals surface area contributed by atoms with Gasteiger partial charge in [-0.1, -0.05) is 281 Å². The molecule has 0 heterocycles. The van der Waals surface area contributed by atoms with Crippen LogP contribution in [-0.2, 0) is 28.6 Å². The van der Waals surface area contributed by atoms with Crippen LogP contribution in [0.3, 0.4) is 0 Å². The summed E-state index contributed by atoms with van der Waals surface area (Å²) >= 11 is 0. The third-order valence-corrected chi connectivity index (χ3v) is 13.4. The van der Waals surface area contributed by atoms with E-state index in [1.807, 2.05) is 0 Å². The molecule has 1 atom stereocenters. The number of carbonyl (C=O) groups excluding carboxylic acids is 3. The molecule has 0 bridgehead atoms. The molecule has 402 valence electrons. The Morgan fingerprint density at radius 3 is 0.913 bits per heavy atom. The van der Waals surface area contributed by atoms with Gasteiger partial charge in [0.15, 0.2) is 6.10 Å². The fourth-order valence-corrected chi connectivity index (χ4v) is 8.85. The number of unbranched alkanes of at least 4 members (excludes halogenated alkanes) is 38. The second-order valence-corrected chi connectivity index (χ2v) is 20.3. The zero-order valence-electron chi connectivity index (χ0n) is 46.1. The summed E-state index contributed by atoms with van der Waals surface area (Å²) in [6, 6.07) is 0. The molecule has 0 aromatic rings. The van der Waals surface area contributed by atoms with E-state index in [0.29, 0.717) is 19.3 Å². The van der Waals surface area contributed by atoms with E-state index in [9.17, 15) is 14.4 Å². The van der Waals surface area contributed by atoms with E-state index in [4.69, 9.17) is 14.2 Å².